The summed E-state index contributed by atoms with van der Waals surface area (Å²) >= 11 is 0. The Hall–Kier alpha value is -2.00. The third-order valence-corrected chi connectivity index (χ3v) is 4.96. The van der Waals surface area contributed by atoms with Crippen LogP contribution in [-0.2, 0) is 15.9 Å². The molecule has 2 fully saturated rings. The van der Waals surface area contributed by atoms with Crippen LogP contribution in [0.15, 0.2) is 24.3 Å². The van der Waals surface area contributed by atoms with Crippen molar-refractivity contribution in [1.29, 1.82) is 0 Å². The molecule has 2 unspecified atom stereocenters. The average Bonchev–Trinajstić information content (AvgIpc) is 2.52. The van der Waals surface area contributed by atoms with Crippen LogP contribution in [0.5, 0.6) is 5.75 Å². The van der Waals surface area contributed by atoms with Crippen molar-refractivity contribution in [1.82, 2.24) is 4.90 Å². The number of carbonyl (C=O) groups is 1. The molecule has 162 valence electrons. The summed E-state index contributed by atoms with van der Waals surface area (Å²) in [6.07, 6.45) is -4.97. The highest BCUT2D eigenvalue weighted by Gasteiger charge is 2.49. The number of rotatable bonds is 3. The van der Waals surface area contributed by atoms with Gasteiger partial charge in [-0.25, -0.2) is 4.79 Å². The minimum absolute atomic E-state index is 0.0194. The van der Waals surface area contributed by atoms with Crippen molar-refractivity contribution in [2.24, 2.45) is 0 Å². The highest BCUT2D eigenvalue weighted by Crippen LogP contribution is 2.39. The Bertz CT molecular complexity index is 732. The van der Waals surface area contributed by atoms with Crippen molar-refractivity contribution in [3.05, 3.63) is 29.8 Å². The van der Waals surface area contributed by atoms with Crippen LogP contribution in [0.25, 0.3) is 0 Å². The topological polar surface area (TPSA) is 68.2 Å². The predicted octanol–water partition coefficient (Wildman–Crippen LogP) is 3.66. The molecule has 2 atom stereocenters. The van der Waals surface area contributed by atoms with E-state index in [4.69, 9.17) is 9.47 Å². The number of fused-ring (bicyclic) bond motifs is 2. The normalized spacial score (nSPS) is 27.5. The molecule has 0 radical (unpaired) electrons. The van der Waals surface area contributed by atoms with Crippen LogP contribution in [0.4, 0.5) is 18.0 Å². The second-order valence-corrected chi connectivity index (χ2v) is 8.70. The summed E-state index contributed by atoms with van der Waals surface area (Å²) in [5, 5.41) is 11.2. The van der Waals surface area contributed by atoms with E-state index >= 15 is 0 Å². The van der Waals surface area contributed by atoms with Crippen molar-refractivity contribution < 1.29 is 37.3 Å². The molecule has 2 bridgehead atoms. The average molecular weight is 417 g/mol. The van der Waals surface area contributed by atoms with Gasteiger partial charge in [0, 0.05) is 6.42 Å². The quantitative estimate of drug-likeness (QED) is 0.813. The van der Waals surface area contributed by atoms with Gasteiger partial charge >= 0.3 is 12.5 Å². The predicted molar refractivity (Wildman–Crippen MR) is 97.5 cm³/mol. The number of halogens is 3. The largest absolute Gasteiger partial charge is 0.573 e. The number of piperidine rings is 1. The Labute approximate surface area is 167 Å². The third kappa shape index (κ3) is 5.54. The lowest BCUT2D eigenvalue weighted by atomic mass is 9.77. The first-order valence-corrected chi connectivity index (χ1v) is 9.50. The molecule has 0 saturated carbocycles. The zero-order valence-corrected chi connectivity index (χ0v) is 16.7. The molecule has 2 saturated heterocycles. The molecule has 1 aromatic carbocycles. The standard InChI is InChI=1S/C20H26F3NO5/c1-18(2,3)29-17(25)24-14-9-19(26,10-15(24)12-27-11-14)8-13-6-4-5-7-16(13)28-20(21,22)23/h4-7,14-15,26H,8-12H2,1-3H3. The van der Waals surface area contributed by atoms with E-state index < -0.39 is 35.7 Å². The van der Waals surface area contributed by atoms with Gasteiger partial charge in [-0.2, -0.15) is 0 Å². The van der Waals surface area contributed by atoms with Crippen LogP contribution in [0.1, 0.15) is 39.2 Å². The van der Waals surface area contributed by atoms with Gasteiger partial charge in [-0.3, -0.25) is 4.90 Å². The number of ether oxygens (including phenoxy) is 3. The maximum absolute atomic E-state index is 12.7. The van der Waals surface area contributed by atoms with E-state index in [9.17, 15) is 23.1 Å². The summed E-state index contributed by atoms with van der Waals surface area (Å²) in [5.41, 5.74) is -1.69. The number of aliphatic hydroxyl groups is 1. The zero-order valence-electron chi connectivity index (χ0n) is 16.7. The van der Waals surface area contributed by atoms with E-state index in [2.05, 4.69) is 4.74 Å². The van der Waals surface area contributed by atoms with Crippen LogP contribution in [-0.4, -0.2) is 59.0 Å². The monoisotopic (exact) mass is 417 g/mol. The molecule has 6 nitrogen and oxygen atoms in total. The number of hydrogen-bond acceptors (Lipinski definition) is 5. The maximum Gasteiger partial charge on any atom is 0.573 e. The number of morpholine rings is 1. The van der Waals surface area contributed by atoms with Crippen molar-refractivity contribution in [2.75, 3.05) is 13.2 Å². The number of carbonyl (C=O) groups excluding carboxylic acids is 1. The van der Waals surface area contributed by atoms with E-state index in [1.54, 1.807) is 31.7 Å². The first-order valence-electron chi connectivity index (χ1n) is 9.50. The smallest absolute Gasteiger partial charge is 0.444 e. The summed E-state index contributed by atoms with van der Waals surface area (Å²) in [5.74, 6) is -0.329. The Kier molecular flexibility index (Phi) is 5.75. The highest BCUT2D eigenvalue weighted by atomic mass is 19.4. The number of para-hydroxylation sites is 1. The van der Waals surface area contributed by atoms with Gasteiger partial charge in [0.1, 0.15) is 11.4 Å². The van der Waals surface area contributed by atoms with Crippen molar-refractivity contribution in [3.8, 4) is 5.75 Å². The summed E-state index contributed by atoms with van der Waals surface area (Å²) < 4.78 is 53.2. The van der Waals surface area contributed by atoms with Crippen molar-refractivity contribution in [3.63, 3.8) is 0 Å². The van der Waals surface area contributed by atoms with Crippen LogP contribution in [0.2, 0.25) is 0 Å². The molecule has 3 rings (SSSR count). The Morgan fingerprint density at radius 2 is 1.79 bits per heavy atom. The minimum atomic E-state index is -4.82. The van der Waals surface area contributed by atoms with E-state index in [1.807, 2.05) is 0 Å². The summed E-state index contributed by atoms with van der Waals surface area (Å²) in [6.45, 7) is 5.79. The van der Waals surface area contributed by atoms with Crippen LogP contribution in [0, 0.1) is 0 Å². The fourth-order valence-corrected chi connectivity index (χ4v) is 4.06. The van der Waals surface area contributed by atoms with Gasteiger partial charge in [0.25, 0.3) is 0 Å². The first kappa shape index (κ1) is 21.7. The van der Waals surface area contributed by atoms with Gasteiger partial charge in [-0.1, -0.05) is 18.2 Å². The number of amides is 1. The van der Waals surface area contributed by atoms with E-state index in [0.29, 0.717) is 0 Å². The maximum atomic E-state index is 12.7. The molecule has 1 N–H and O–H groups in total. The van der Waals surface area contributed by atoms with Gasteiger partial charge < -0.3 is 19.3 Å². The first-order chi connectivity index (χ1) is 13.4. The minimum Gasteiger partial charge on any atom is -0.444 e. The van der Waals surface area contributed by atoms with Crippen LogP contribution >= 0.6 is 0 Å². The summed E-state index contributed by atoms with van der Waals surface area (Å²) in [4.78, 5) is 14.2. The molecular weight excluding hydrogens is 391 g/mol. The molecular formula is C20H26F3NO5. The molecule has 2 heterocycles. The van der Waals surface area contributed by atoms with E-state index in [-0.39, 0.29) is 43.8 Å². The van der Waals surface area contributed by atoms with Gasteiger partial charge in [0.15, 0.2) is 0 Å². The number of alkyl halides is 3. The Morgan fingerprint density at radius 3 is 2.34 bits per heavy atom. The molecule has 0 aliphatic carbocycles. The van der Waals surface area contributed by atoms with Crippen molar-refractivity contribution in [2.45, 2.75) is 69.7 Å². The van der Waals surface area contributed by atoms with E-state index in [0.717, 1.165) is 0 Å². The zero-order chi connectivity index (χ0) is 21.4. The molecule has 2 aliphatic heterocycles. The number of hydrogen-bond donors (Lipinski definition) is 1. The summed E-state index contributed by atoms with van der Waals surface area (Å²) in [7, 11) is 0. The number of nitrogens with zero attached hydrogens (tertiary/aromatic N) is 1. The van der Waals surface area contributed by atoms with Gasteiger partial charge in [0.05, 0.1) is 30.9 Å². The second-order valence-electron chi connectivity index (χ2n) is 8.70. The third-order valence-electron chi connectivity index (χ3n) is 4.96. The molecule has 0 aromatic heterocycles. The number of benzene rings is 1. The van der Waals surface area contributed by atoms with Crippen LogP contribution < -0.4 is 4.74 Å². The lowest BCUT2D eigenvalue weighted by Crippen LogP contribution is -2.64. The molecule has 1 aromatic rings. The van der Waals surface area contributed by atoms with Gasteiger partial charge in [-0.05, 0) is 45.2 Å². The van der Waals surface area contributed by atoms with Crippen molar-refractivity contribution >= 4 is 6.09 Å². The lowest BCUT2D eigenvalue weighted by molar-refractivity contribution is -0.275. The van der Waals surface area contributed by atoms with E-state index in [1.165, 1.54) is 18.2 Å². The lowest BCUT2D eigenvalue weighted by Gasteiger charge is -2.51. The fraction of sp³-hybridized carbons (Fsp3) is 0.650. The van der Waals surface area contributed by atoms with Gasteiger partial charge in [0.2, 0.25) is 0 Å². The fourth-order valence-electron chi connectivity index (χ4n) is 4.06. The summed E-state index contributed by atoms with van der Waals surface area (Å²) in [6, 6.07) is 4.94. The molecule has 1 amide bonds. The molecule has 29 heavy (non-hydrogen) atoms. The highest BCUT2D eigenvalue weighted by molar-refractivity contribution is 5.69. The molecule has 0 spiro atoms. The van der Waals surface area contributed by atoms with Gasteiger partial charge in [-0.15, -0.1) is 13.2 Å². The SMILES string of the molecule is CC(C)(C)OC(=O)N1C2COCC1CC(O)(Cc1ccccc1OC(F)(F)F)C2. The Morgan fingerprint density at radius 1 is 1.21 bits per heavy atom. The second kappa shape index (κ2) is 7.68. The van der Waals surface area contributed by atoms with Crippen LogP contribution in [0.3, 0.4) is 0 Å². The Balaban J connectivity index is 1.78. The molecule has 9 heteroatoms. The molecule has 2 aliphatic rings.